The van der Waals surface area contributed by atoms with Crippen molar-refractivity contribution < 1.29 is 9.53 Å². The summed E-state index contributed by atoms with van der Waals surface area (Å²) in [4.78, 5) is 16.6. The Bertz CT molecular complexity index is 865. The molecule has 0 amide bonds. The summed E-state index contributed by atoms with van der Waals surface area (Å²) in [5.74, 6) is 0.628. The van der Waals surface area contributed by atoms with Crippen molar-refractivity contribution in [3.63, 3.8) is 0 Å². The van der Waals surface area contributed by atoms with Gasteiger partial charge in [0.15, 0.2) is 0 Å². The van der Waals surface area contributed by atoms with Crippen LogP contribution in [0, 0.1) is 0 Å². The summed E-state index contributed by atoms with van der Waals surface area (Å²) in [6.07, 6.45) is 3.16. The van der Waals surface area contributed by atoms with E-state index >= 15 is 0 Å². The molecule has 1 aromatic heterocycles. The molecule has 0 saturated carbocycles. The highest BCUT2D eigenvalue weighted by molar-refractivity contribution is 6.01. The number of nitrogens with two attached hydrogens (primary N) is 1. The molecule has 0 saturated heterocycles. The number of rotatable bonds is 3. The van der Waals surface area contributed by atoms with Gasteiger partial charge < -0.3 is 10.5 Å². The number of ether oxygens (including phenoxy) is 1. The monoisotopic (exact) mass is 293 g/mol. The number of allylic oxidation sites excluding steroid dienone is 1. The Labute approximate surface area is 127 Å². The second-order valence-corrected chi connectivity index (χ2v) is 4.71. The maximum absolute atomic E-state index is 12.4. The van der Waals surface area contributed by atoms with E-state index in [1.807, 2.05) is 48.5 Å². The maximum Gasteiger partial charge on any atom is 0.257 e. The van der Waals surface area contributed by atoms with Crippen molar-refractivity contribution in [2.45, 2.75) is 0 Å². The van der Waals surface area contributed by atoms with Gasteiger partial charge in [0.2, 0.25) is 5.95 Å². The fourth-order valence-corrected chi connectivity index (χ4v) is 2.32. The third-order valence-corrected chi connectivity index (χ3v) is 3.35. The molecule has 3 aromatic rings. The molecule has 0 aliphatic carbocycles. The van der Waals surface area contributed by atoms with Gasteiger partial charge in [0, 0.05) is 11.6 Å². The van der Waals surface area contributed by atoms with Crippen LogP contribution in [0.3, 0.4) is 0 Å². The molecule has 1 heterocycles. The van der Waals surface area contributed by atoms with Crippen LogP contribution in [0.2, 0.25) is 0 Å². The Morgan fingerprint density at radius 1 is 1.18 bits per heavy atom. The van der Waals surface area contributed by atoms with Crippen molar-refractivity contribution in [3.05, 3.63) is 60.2 Å². The Hall–Kier alpha value is -3.08. The molecule has 5 nitrogen and oxygen atoms in total. The standard InChI is InChI=1S/C17H15N3O2/c1-22-15-9-5-2-6-12(15)10-11-16(21)20-14-8-4-3-7-13(14)19-17(20)18/h2-11H,1H3,(H2,18,19). The third-order valence-electron chi connectivity index (χ3n) is 3.35. The minimum atomic E-state index is -0.253. The molecule has 0 radical (unpaired) electrons. The Kier molecular flexibility index (Phi) is 3.62. The van der Waals surface area contributed by atoms with Gasteiger partial charge in [-0.25, -0.2) is 9.55 Å². The summed E-state index contributed by atoms with van der Waals surface area (Å²) in [7, 11) is 1.59. The molecule has 0 unspecified atom stereocenters. The highest BCUT2D eigenvalue weighted by Gasteiger charge is 2.12. The lowest BCUT2D eigenvalue weighted by atomic mass is 10.2. The number of carbonyl (C=O) groups is 1. The second-order valence-electron chi connectivity index (χ2n) is 4.71. The van der Waals surface area contributed by atoms with Gasteiger partial charge in [-0.05, 0) is 24.3 Å². The molecule has 5 heteroatoms. The van der Waals surface area contributed by atoms with E-state index in [1.165, 1.54) is 10.6 Å². The summed E-state index contributed by atoms with van der Waals surface area (Å²) in [5.41, 5.74) is 8.06. The summed E-state index contributed by atoms with van der Waals surface area (Å²) in [6.45, 7) is 0. The van der Waals surface area contributed by atoms with Gasteiger partial charge in [0.1, 0.15) is 5.75 Å². The van der Waals surface area contributed by atoms with Gasteiger partial charge in [-0.3, -0.25) is 4.79 Å². The van der Waals surface area contributed by atoms with Crippen molar-refractivity contribution in [2.75, 3.05) is 12.8 Å². The minimum Gasteiger partial charge on any atom is -0.496 e. The molecule has 0 aliphatic heterocycles. The molecule has 2 aromatic carbocycles. The lowest BCUT2D eigenvalue weighted by Crippen LogP contribution is -2.10. The van der Waals surface area contributed by atoms with E-state index in [9.17, 15) is 4.79 Å². The van der Waals surface area contributed by atoms with Crippen LogP contribution in [0.25, 0.3) is 17.1 Å². The summed E-state index contributed by atoms with van der Waals surface area (Å²) in [5, 5.41) is 0. The number of para-hydroxylation sites is 3. The molecule has 2 N–H and O–H groups in total. The SMILES string of the molecule is COc1ccccc1C=CC(=O)n1c(N)nc2ccccc21. The van der Waals surface area contributed by atoms with Crippen LogP contribution in [0.4, 0.5) is 5.95 Å². The highest BCUT2D eigenvalue weighted by atomic mass is 16.5. The Morgan fingerprint density at radius 3 is 2.73 bits per heavy atom. The average Bonchev–Trinajstić information content (AvgIpc) is 2.88. The van der Waals surface area contributed by atoms with Crippen LogP contribution in [0.1, 0.15) is 10.4 Å². The number of carbonyl (C=O) groups excluding carboxylic acids is 1. The topological polar surface area (TPSA) is 70.1 Å². The predicted octanol–water partition coefficient (Wildman–Crippen LogP) is 2.98. The minimum absolute atomic E-state index is 0.177. The van der Waals surface area contributed by atoms with E-state index in [2.05, 4.69) is 4.98 Å². The number of nitrogens with zero attached hydrogens (tertiary/aromatic N) is 2. The number of hydrogen-bond acceptors (Lipinski definition) is 4. The molecular weight excluding hydrogens is 278 g/mol. The number of methoxy groups -OCH3 is 1. The molecule has 3 rings (SSSR count). The lowest BCUT2D eigenvalue weighted by Gasteiger charge is -2.04. The van der Waals surface area contributed by atoms with E-state index < -0.39 is 0 Å². The maximum atomic E-state index is 12.4. The molecule has 0 aliphatic rings. The van der Waals surface area contributed by atoms with Gasteiger partial charge in [0.05, 0.1) is 18.1 Å². The Balaban J connectivity index is 1.97. The largest absolute Gasteiger partial charge is 0.496 e. The Morgan fingerprint density at radius 2 is 1.91 bits per heavy atom. The quantitative estimate of drug-likeness (QED) is 0.754. The van der Waals surface area contributed by atoms with Crippen molar-refractivity contribution in [1.82, 2.24) is 9.55 Å². The van der Waals surface area contributed by atoms with Crippen LogP contribution >= 0.6 is 0 Å². The fourth-order valence-electron chi connectivity index (χ4n) is 2.32. The first-order valence-electron chi connectivity index (χ1n) is 6.79. The second kappa shape index (κ2) is 5.73. The molecule has 0 spiro atoms. The van der Waals surface area contributed by atoms with Crippen molar-refractivity contribution in [3.8, 4) is 5.75 Å². The van der Waals surface area contributed by atoms with Crippen molar-refractivity contribution >= 4 is 29.0 Å². The number of hydrogen-bond donors (Lipinski definition) is 1. The summed E-state index contributed by atoms with van der Waals surface area (Å²) >= 11 is 0. The van der Waals surface area contributed by atoms with Gasteiger partial charge in [-0.2, -0.15) is 0 Å². The molecular formula is C17H15N3O2. The van der Waals surface area contributed by atoms with E-state index in [4.69, 9.17) is 10.5 Å². The van der Waals surface area contributed by atoms with Gasteiger partial charge in [-0.1, -0.05) is 30.3 Å². The predicted molar refractivity (Wildman–Crippen MR) is 86.8 cm³/mol. The molecule has 110 valence electrons. The lowest BCUT2D eigenvalue weighted by molar-refractivity contribution is 0.0976. The number of aromatic nitrogens is 2. The first-order valence-corrected chi connectivity index (χ1v) is 6.79. The van der Waals surface area contributed by atoms with E-state index in [1.54, 1.807) is 13.2 Å². The van der Waals surface area contributed by atoms with Crippen LogP contribution in [0.15, 0.2) is 54.6 Å². The summed E-state index contributed by atoms with van der Waals surface area (Å²) in [6, 6.07) is 14.8. The van der Waals surface area contributed by atoms with E-state index in [0.717, 1.165) is 5.56 Å². The normalized spacial score (nSPS) is 11.1. The first kappa shape index (κ1) is 13.9. The van der Waals surface area contributed by atoms with Crippen molar-refractivity contribution in [2.24, 2.45) is 0 Å². The zero-order valence-corrected chi connectivity index (χ0v) is 12.1. The van der Waals surface area contributed by atoms with Gasteiger partial charge in [-0.15, -0.1) is 0 Å². The third kappa shape index (κ3) is 2.44. The van der Waals surface area contributed by atoms with Crippen LogP contribution < -0.4 is 10.5 Å². The highest BCUT2D eigenvalue weighted by Crippen LogP contribution is 2.20. The molecule has 22 heavy (non-hydrogen) atoms. The van der Waals surface area contributed by atoms with Crippen LogP contribution in [-0.4, -0.2) is 22.6 Å². The molecule has 0 bridgehead atoms. The van der Waals surface area contributed by atoms with Gasteiger partial charge >= 0.3 is 0 Å². The number of fused-ring (bicyclic) bond motifs is 1. The zero-order valence-electron chi connectivity index (χ0n) is 12.1. The smallest absolute Gasteiger partial charge is 0.257 e. The first-order chi connectivity index (χ1) is 10.7. The van der Waals surface area contributed by atoms with Gasteiger partial charge in [0.25, 0.3) is 5.91 Å². The van der Waals surface area contributed by atoms with Crippen LogP contribution in [0.5, 0.6) is 5.75 Å². The van der Waals surface area contributed by atoms with E-state index in [-0.39, 0.29) is 11.9 Å². The number of imidazole rings is 1. The zero-order chi connectivity index (χ0) is 15.5. The fraction of sp³-hybridized carbons (Fsp3) is 0.0588. The number of nitrogen functional groups attached to an aromatic ring is 1. The average molecular weight is 293 g/mol. The van der Waals surface area contributed by atoms with Crippen molar-refractivity contribution in [1.29, 1.82) is 0 Å². The van der Waals surface area contributed by atoms with Crippen LogP contribution in [-0.2, 0) is 0 Å². The van der Waals surface area contributed by atoms with E-state index in [0.29, 0.717) is 16.8 Å². The summed E-state index contributed by atoms with van der Waals surface area (Å²) < 4.78 is 6.65. The molecule has 0 fully saturated rings. The number of anilines is 1. The number of benzene rings is 2. The molecule has 0 atom stereocenters.